The van der Waals surface area contributed by atoms with Crippen LogP contribution in [0.3, 0.4) is 0 Å². The third-order valence-electron chi connectivity index (χ3n) is 3.82. The van der Waals surface area contributed by atoms with Crippen LogP contribution in [0.25, 0.3) is 0 Å². The van der Waals surface area contributed by atoms with Crippen LogP contribution in [-0.2, 0) is 4.79 Å². The molecule has 5 heteroatoms. The largest absolute Gasteiger partial charge is 0.484 e. The van der Waals surface area contributed by atoms with Gasteiger partial charge in [-0.3, -0.25) is 4.79 Å². The fourth-order valence-corrected chi connectivity index (χ4v) is 2.35. The lowest BCUT2D eigenvalue weighted by Crippen LogP contribution is -2.24. The first kappa shape index (κ1) is 18.5. The Labute approximate surface area is 149 Å². The summed E-state index contributed by atoms with van der Waals surface area (Å²) in [6.45, 7) is 8.14. The monoisotopic (exact) mass is 339 g/mol. The lowest BCUT2D eigenvalue weighted by atomic mass is 10.2. The van der Waals surface area contributed by atoms with Gasteiger partial charge < -0.3 is 9.64 Å². The van der Waals surface area contributed by atoms with Crippen LogP contribution in [0.5, 0.6) is 5.75 Å². The van der Waals surface area contributed by atoms with Gasteiger partial charge in [0.15, 0.2) is 6.61 Å². The zero-order valence-corrected chi connectivity index (χ0v) is 15.0. The number of rotatable bonds is 8. The summed E-state index contributed by atoms with van der Waals surface area (Å²) in [5, 5.41) is 3.96. The molecule has 0 atom stereocenters. The van der Waals surface area contributed by atoms with E-state index in [2.05, 4.69) is 41.4 Å². The molecule has 25 heavy (non-hydrogen) atoms. The lowest BCUT2D eigenvalue weighted by molar-refractivity contribution is -0.123. The molecule has 2 rings (SSSR count). The molecule has 1 N–H and O–H groups in total. The summed E-state index contributed by atoms with van der Waals surface area (Å²) in [7, 11) is 0. The number of carbonyl (C=O) groups excluding carboxylic acids is 1. The van der Waals surface area contributed by atoms with Crippen LogP contribution >= 0.6 is 0 Å². The van der Waals surface area contributed by atoms with Gasteiger partial charge in [-0.2, -0.15) is 5.10 Å². The average Bonchev–Trinajstić information content (AvgIpc) is 2.63. The molecule has 0 spiro atoms. The van der Waals surface area contributed by atoms with Gasteiger partial charge in [0.05, 0.1) is 6.21 Å². The number of hydrogen-bond donors (Lipinski definition) is 1. The second-order valence-electron chi connectivity index (χ2n) is 5.66. The van der Waals surface area contributed by atoms with E-state index in [9.17, 15) is 4.79 Å². The maximum Gasteiger partial charge on any atom is 0.277 e. The highest BCUT2D eigenvalue weighted by Crippen LogP contribution is 2.14. The standard InChI is InChI=1S/C20H25N3O2/c1-4-23(5-2)18-10-8-17(9-11-18)14-21-22-20(24)15-25-19-12-6-16(3)7-13-19/h6-14H,4-5,15H2,1-3H3,(H,22,24). The van der Waals surface area contributed by atoms with Crippen molar-refractivity contribution in [3.8, 4) is 5.75 Å². The van der Waals surface area contributed by atoms with Gasteiger partial charge in [0, 0.05) is 18.8 Å². The first-order valence-corrected chi connectivity index (χ1v) is 8.48. The maximum absolute atomic E-state index is 11.7. The van der Waals surface area contributed by atoms with Gasteiger partial charge in [-0.1, -0.05) is 29.8 Å². The quantitative estimate of drug-likeness (QED) is 0.593. The van der Waals surface area contributed by atoms with Crippen LogP contribution < -0.4 is 15.1 Å². The van der Waals surface area contributed by atoms with Crippen molar-refractivity contribution in [3.63, 3.8) is 0 Å². The van der Waals surface area contributed by atoms with Crippen molar-refractivity contribution < 1.29 is 9.53 Å². The van der Waals surface area contributed by atoms with E-state index in [0.29, 0.717) is 5.75 Å². The molecule has 0 unspecified atom stereocenters. The van der Waals surface area contributed by atoms with Crippen molar-refractivity contribution in [2.45, 2.75) is 20.8 Å². The second-order valence-corrected chi connectivity index (χ2v) is 5.66. The maximum atomic E-state index is 11.7. The molecule has 132 valence electrons. The summed E-state index contributed by atoms with van der Waals surface area (Å²) in [6, 6.07) is 15.6. The van der Waals surface area contributed by atoms with Crippen LogP contribution in [0, 0.1) is 6.92 Å². The predicted octanol–water partition coefficient (Wildman–Crippen LogP) is 3.37. The molecule has 0 aromatic heterocycles. The van der Waals surface area contributed by atoms with Gasteiger partial charge in [-0.05, 0) is 50.6 Å². The molecule has 0 aliphatic heterocycles. The van der Waals surface area contributed by atoms with Crippen LogP contribution in [0.1, 0.15) is 25.0 Å². The topological polar surface area (TPSA) is 53.9 Å². The number of hydrogen-bond acceptors (Lipinski definition) is 4. The van der Waals surface area contributed by atoms with E-state index in [-0.39, 0.29) is 12.5 Å². The third-order valence-corrected chi connectivity index (χ3v) is 3.82. The van der Waals surface area contributed by atoms with E-state index < -0.39 is 0 Å². The van der Waals surface area contributed by atoms with E-state index in [0.717, 1.165) is 24.2 Å². The predicted molar refractivity (Wildman–Crippen MR) is 102 cm³/mol. The second kappa shape index (κ2) is 9.47. The number of benzene rings is 2. The Kier molecular flexibility index (Phi) is 7.01. The molecule has 0 radical (unpaired) electrons. The third kappa shape index (κ3) is 5.95. The smallest absolute Gasteiger partial charge is 0.277 e. The first-order chi connectivity index (χ1) is 12.1. The van der Waals surface area contributed by atoms with Crippen molar-refractivity contribution >= 4 is 17.8 Å². The summed E-state index contributed by atoms with van der Waals surface area (Å²) >= 11 is 0. The number of nitrogens with one attached hydrogen (secondary N) is 1. The summed E-state index contributed by atoms with van der Waals surface area (Å²) in [4.78, 5) is 14.0. The Balaban J connectivity index is 1.79. The van der Waals surface area contributed by atoms with E-state index >= 15 is 0 Å². The number of anilines is 1. The SMILES string of the molecule is CCN(CC)c1ccc(C=NNC(=O)COc2ccc(C)cc2)cc1. The molecular formula is C20H25N3O2. The first-order valence-electron chi connectivity index (χ1n) is 8.48. The zero-order valence-electron chi connectivity index (χ0n) is 15.0. The van der Waals surface area contributed by atoms with E-state index in [1.807, 2.05) is 43.3 Å². The summed E-state index contributed by atoms with van der Waals surface area (Å²) < 4.78 is 5.40. The van der Waals surface area contributed by atoms with Gasteiger partial charge in [0.25, 0.3) is 5.91 Å². The normalized spacial score (nSPS) is 10.7. The van der Waals surface area contributed by atoms with Crippen LogP contribution in [0.15, 0.2) is 53.6 Å². The number of aryl methyl sites for hydroxylation is 1. The Hall–Kier alpha value is -2.82. The number of carbonyl (C=O) groups is 1. The molecule has 2 aromatic carbocycles. The lowest BCUT2D eigenvalue weighted by Gasteiger charge is -2.20. The molecule has 2 aromatic rings. The van der Waals surface area contributed by atoms with Gasteiger partial charge in [0.2, 0.25) is 0 Å². The minimum Gasteiger partial charge on any atom is -0.484 e. The molecule has 5 nitrogen and oxygen atoms in total. The summed E-state index contributed by atoms with van der Waals surface area (Å²) in [5.41, 5.74) is 5.72. The molecule has 0 heterocycles. The fraction of sp³-hybridized carbons (Fsp3) is 0.300. The highest BCUT2D eigenvalue weighted by Gasteiger charge is 2.02. The van der Waals surface area contributed by atoms with E-state index in [4.69, 9.17) is 4.74 Å². The van der Waals surface area contributed by atoms with Crippen LogP contribution in [0.4, 0.5) is 5.69 Å². The highest BCUT2D eigenvalue weighted by molar-refractivity contribution is 5.83. The fourth-order valence-electron chi connectivity index (χ4n) is 2.35. The summed E-state index contributed by atoms with van der Waals surface area (Å²) in [5.74, 6) is 0.369. The van der Waals surface area contributed by atoms with Crippen molar-refractivity contribution in [2.24, 2.45) is 5.10 Å². The Morgan fingerprint density at radius 1 is 1.08 bits per heavy atom. The summed E-state index contributed by atoms with van der Waals surface area (Å²) in [6.07, 6.45) is 1.62. The minimum absolute atomic E-state index is 0.0682. The van der Waals surface area contributed by atoms with Gasteiger partial charge in [-0.25, -0.2) is 5.43 Å². The van der Waals surface area contributed by atoms with Gasteiger partial charge in [-0.15, -0.1) is 0 Å². The number of hydrazone groups is 1. The van der Waals surface area contributed by atoms with Crippen LogP contribution in [-0.4, -0.2) is 31.8 Å². The molecule has 1 amide bonds. The molecule has 0 saturated heterocycles. The molecule has 0 bridgehead atoms. The number of amides is 1. The van der Waals surface area contributed by atoms with Crippen molar-refractivity contribution in [3.05, 3.63) is 59.7 Å². The molecule has 0 aliphatic carbocycles. The minimum atomic E-state index is -0.295. The van der Waals surface area contributed by atoms with Gasteiger partial charge >= 0.3 is 0 Å². The zero-order chi connectivity index (χ0) is 18.1. The van der Waals surface area contributed by atoms with Crippen molar-refractivity contribution in [2.75, 3.05) is 24.6 Å². The van der Waals surface area contributed by atoms with Gasteiger partial charge in [0.1, 0.15) is 5.75 Å². The molecular weight excluding hydrogens is 314 g/mol. The Bertz CT molecular complexity index is 690. The van der Waals surface area contributed by atoms with Crippen molar-refractivity contribution in [1.82, 2.24) is 5.43 Å². The van der Waals surface area contributed by atoms with Crippen molar-refractivity contribution in [1.29, 1.82) is 0 Å². The van der Waals surface area contributed by atoms with Crippen LogP contribution in [0.2, 0.25) is 0 Å². The van der Waals surface area contributed by atoms with E-state index in [1.165, 1.54) is 5.69 Å². The Morgan fingerprint density at radius 3 is 2.32 bits per heavy atom. The number of ether oxygens (including phenoxy) is 1. The molecule has 0 aliphatic rings. The highest BCUT2D eigenvalue weighted by atomic mass is 16.5. The van der Waals surface area contributed by atoms with E-state index in [1.54, 1.807) is 6.21 Å². The average molecular weight is 339 g/mol. The number of nitrogens with zero attached hydrogens (tertiary/aromatic N) is 2. The molecule has 0 fully saturated rings. The molecule has 0 saturated carbocycles. The Morgan fingerprint density at radius 2 is 1.72 bits per heavy atom.